The van der Waals surface area contributed by atoms with E-state index in [-0.39, 0.29) is 5.91 Å². The van der Waals surface area contributed by atoms with Gasteiger partial charge in [0.25, 0.3) is 0 Å². The third-order valence-electron chi connectivity index (χ3n) is 4.51. The summed E-state index contributed by atoms with van der Waals surface area (Å²) >= 11 is 1.43. The second kappa shape index (κ2) is 11.4. The monoisotopic (exact) mass is 424 g/mol. The van der Waals surface area contributed by atoms with Gasteiger partial charge in [-0.25, -0.2) is 4.98 Å². The molecule has 2 aromatic carbocycles. The highest BCUT2D eigenvalue weighted by atomic mass is 32.1. The number of rotatable bonds is 11. The predicted molar refractivity (Wildman–Crippen MR) is 122 cm³/mol. The van der Waals surface area contributed by atoms with E-state index in [2.05, 4.69) is 17.2 Å². The zero-order chi connectivity index (χ0) is 21.2. The van der Waals surface area contributed by atoms with Gasteiger partial charge in [0.15, 0.2) is 5.13 Å². The lowest BCUT2D eigenvalue weighted by Gasteiger charge is -2.06. The fourth-order valence-electron chi connectivity index (χ4n) is 2.76. The number of aromatic nitrogens is 1. The number of carbonyl (C=O) groups excluding carboxylic acids is 1. The number of benzene rings is 2. The number of nitrogens with one attached hydrogen (secondary N) is 1. The summed E-state index contributed by atoms with van der Waals surface area (Å²) in [6.45, 7) is 5.42. The van der Waals surface area contributed by atoms with E-state index in [0.29, 0.717) is 24.6 Å². The Morgan fingerprint density at radius 2 is 1.60 bits per heavy atom. The molecule has 0 saturated heterocycles. The van der Waals surface area contributed by atoms with Crippen molar-refractivity contribution in [2.24, 2.45) is 0 Å². The molecule has 3 aromatic rings. The minimum Gasteiger partial charge on any atom is -0.494 e. The quantitative estimate of drug-likeness (QED) is 0.378. The zero-order valence-corrected chi connectivity index (χ0v) is 18.3. The number of nitrogens with zero attached hydrogens (tertiary/aromatic N) is 1. The molecule has 0 spiro atoms. The van der Waals surface area contributed by atoms with Crippen LogP contribution in [-0.2, 0) is 4.79 Å². The molecule has 0 aliphatic carbocycles. The Morgan fingerprint density at radius 3 is 2.27 bits per heavy atom. The van der Waals surface area contributed by atoms with Gasteiger partial charge in [-0.05, 0) is 56.2 Å². The highest BCUT2D eigenvalue weighted by Crippen LogP contribution is 2.26. The van der Waals surface area contributed by atoms with E-state index in [1.165, 1.54) is 16.9 Å². The van der Waals surface area contributed by atoms with Crippen molar-refractivity contribution in [3.05, 3.63) is 59.5 Å². The SMILES string of the molecule is CCCCOc1ccc(-c2csc(NC(=O)CCCOc3ccc(C)cc3)n2)cc1. The van der Waals surface area contributed by atoms with Gasteiger partial charge in [-0.1, -0.05) is 31.0 Å². The van der Waals surface area contributed by atoms with Crippen molar-refractivity contribution in [3.8, 4) is 22.8 Å². The van der Waals surface area contributed by atoms with Gasteiger partial charge in [-0.15, -0.1) is 11.3 Å². The molecule has 1 heterocycles. The summed E-state index contributed by atoms with van der Waals surface area (Å²) in [6.07, 6.45) is 3.21. The molecule has 30 heavy (non-hydrogen) atoms. The van der Waals surface area contributed by atoms with Crippen molar-refractivity contribution < 1.29 is 14.3 Å². The molecule has 0 saturated carbocycles. The van der Waals surface area contributed by atoms with E-state index >= 15 is 0 Å². The molecule has 3 rings (SSSR count). The first-order valence-electron chi connectivity index (χ1n) is 10.3. The molecule has 1 aromatic heterocycles. The molecule has 0 aliphatic rings. The molecule has 5 nitrogen and oxygen atoms in total. The van der Waals surface area contributed by atoms with Gasteiger partial charge in [0.05, 0.1) is 18.9 Å². The summed E-state index contributed by atoms with van der Waals surface area (Å²) in [4.78, 5) is 16.7. The molecular weight excluding hydrogens is 396 g/mol. The fourth-order valence-corrected chi connectivity index (χ4v) is 3.49. The van der Waals surface area contributed by atoms with E-state index in [1.807, 2.05) is 60.8 Å². The number of hydrogen-bond donors (Lipinski definition) is 1. The van der Waals surface area contributed by atoms with E-state index in [4.69, 9.17) is 9.47 Å². The van der Waals surface area contributed by atoms with E-state index in [1.54, 1.807) is 0 Å². The molecule has 1 N–H and O–H groups in total. The van der Waals surface area contributed by atoms with Crippen LogP contribution >= 0.6 is 11.3 Å². The fraction of sp³-hybridized carbons (Fsp3) is 0.333. The van der Waals surface area contributed by atoms with Gasteiger partial charge in [-0.3, -0.25) is 4.79 Å². The van der Waals surface area contributed by atoms with Gasteiger partial charge < -0.3 is 14.8 Å². The average molecular weight is 425 g/mol. The molecule has 0 atom stereocenters. The first kappa shape index (κ1) is 21.8. The summed E-state index contributed by atoms with van der Waals surface area (Å²) < 4.78 is 11.4. The maximum Gasteiger partial charge on any atom is 0.226 e. The van der Waals surface area contributed by atoms with Crippen molar-refractivity contribution >= 4 is 22.4 Å². The summed E-state index contributed by atoms with van der Waals surface area (Å²) in [5.74, 6) is 1.64. The summed E-state index contributed by atoms with van der Waals surface area (Å²) in [5, 5.41) is 5.43. The molecular formula is C24H28N2O3S. The standard InChI is InChI=1S/C24H28N2O3S/c1-3-4-15-28-21-13-9-19(10-14-21)22-17-30-24(25-22)26-23(27)6-5-16-29-20-11-7-18(2)8-12-20/h7-14,17H,3-6,15-16H2,1-2H3,(H,25,26,27). The summed E-state index contributed by atoms with van der Waals surface area (Å²) in [5.41, 5.74) is 3.04. The van der Waals surface area contributed by atoms with Crippen LogP contribution in [0.1, 0.15) is 38.2 Å². The number of amides is 1. The third-order valence-corrected chi connectivity index (χ3v) is 5.26. The lowest BCUT2D eigenvalue weighted by Crippen LogP contribution is -2.12. The Kier molecular flexibility index (Phi) is 8.27. The van der Waals surface area contributed by atoms with Crippen molar-refractivity contribution in [1.82, 2.24) is 4.98 Å². The van der Waals surface area contributed by atoms with E-state index < -0.39 is 0 Å². The largest absolute Gasteiger partial charge is 0.494 e. The second-order valence-corrected chi connectivity index (χ2v) is 7.94. The molecule has 0 unspecified atom stereocenters. The number of thiazole rings is 1. The smallest absolute Gasteiger partial charge is 0.226 e. The predicted octanol–water partition coefficient (Wildman–Crippen LogP) is 6.10. The minimum atomic E-state index is -0.0527. The first-order chi connectivity index (χ1) is 14.6. The van der Waals surface area contributed by atoms with Crippen LogP contribution in [0.4, 0.5) is 5.13 Å². The van der Waals surface area contributed by atoms with Gasteiger partial charge in [-0.2, -0.15) is 0 Å². The number of carbonyl (C=O) groups is 1. The van der Waals surface area contributed by atoms with E-state index in [0.717, 1.165) is 42.2 Å². The van der Waals surface area contributed by atoms with Gasteiger partial charge in [0.2, 0.25) is 5.91 Å². The van der Waals surface area contributed by atoms with Crippen molar-refractivity contribution in [1.29, 1.82) is 0 Å². The summed E-state index contributed by atoms with van der Waals surface area (Å²) in [6, 6.07) is 15.8. The maximum absolute atomic E-state index is 12.2. The van der Waals surface area contributed by atoms with Crippen LogP contribution in [0.3, 0.4) is 0 Å². The topological polar surface area (TPSA) is 60.5 Å². The van der Waals surface area contributed by atoms with Crippen LogP contribution in [0.5, 0.6) is 11.5 Å². The third kappa shape index (κ3) is 6.88. The first-order valence-corrected chi connectivity index (χ1v) is 11.2. The van der Waals surface area contributed by atoms with Crippen LogP contribution in [0, 0.1) is 6.92 Å². The lowest BCUT2D eigenvalue weighted by molar-refractivity contribution is -0.116. The lowest BCUT2D eigenvalue weighted by atomic mass is 10.2. The molecule has 0 radical (unpaired) electrons. The van der Waals surface area contributed by atoms with Crippen LogP contribution in [-0.4, -0.2) is 24.1 Å². The zero-order valence-electron chi connectivity index (χ0n) is 17.5. The van der Waals surface area contributed by atoms with E-state index in [9.17, 15) is 4.79 Å². The Bertz CT molecular complexity index is 920. The normalized spacial score (nSPS) is 10.6. The highest BCUT2D eigenvalue weighted by molar-refractivity contribution is 7.14. The second-order valence-electron chi connectivity index (χ2n) is 7.08. The molecule has 6 heteroatoms. The molecule has 0 bridgehead atoms. The minimum absolute atomic E-state index is 0.0527. The van der Waals surface area contributed by atoms with Crippen molar-refractivity contribution in [2.45, 2.75) is 39.5 Å². The number of unbranched alkanes of at least 4 members (excludes halogenated alkanes) is 1. The van der Waals surface area contributed by atoms with Crippen molar-refractivity contribution in [3.63, 3.8) is 0 Å². The van der Waals surface area contributed by atoms with Crippen LogP contribution < -0.4 is 14.8 Å². The molecule has 158 valence electrons. The van der Waals surface area contributed by atoms with Gasteiger partial charge in [0.1, 0.15) is 11.5 Å². The molecule has 1 amide bonds. The Morgan fingerprint density at radius 1 is 0.967 bits per heavy atom. The number of aryl methyl sites for hydroxylation is 1. The molecule has 0 fully saturated rings. The van der Waals surface area contributed by atoms with Gasteiger partial charge >= 0.3 is 0 Å². The Balaban J connectivity index is 1.42. The average Bonchev–Trinajstić information content (AvgIpc) is 3.21. The van der Waals surface area contributed by atoms with Gasteiger partial charge in [0, 0.05) is 17.4 Å². The summed E-state index contributed by atoms with van der Waals surface area (Å²) in [7, 11) is 0. The maximum atomic E-state index is 12.2. The Hall–Kier alpha value is -2.86. The van der Waals surface area contributed by atoms with Crippen LogP contribution in [0.2, 0.25) is 0 Å². The van der Waals surface area contributed by atoms with Crippen LogP contribution in [0.15, 0.2) is 53.9 Å². The number of anilines is 1. The number of ether oxygens (including phenoxy) is 2. The Labute approximate surface area is 182 Å². The highest BCUT2D eigenvalue weighted by Gasteiger charge is 2.08. The number of hydrogen-bond acceptors (Lipinski definition) is 5. The van der Waals surface area contributed by atoms with Crippen LogP contribution in [0.25, 0.3) is 11.3 Å². The van der Waals surface area contributed by atoms with Crippen molar-refractivity contribution in [2.75, 3.05) is 18.5 Å². The molecule has 0 aliphatic heterocycles.